The van der Waals surface area contributed by atoms with Crippen molar-refractivity contribution in [2.24, 2.45) is 5.16 Å². The molecule has 1 aromatic heterocycles. The third-order valence-corrected chi connectivity index (χ3v) is 4.70. The third kappa shape index (κ3) is 8.33. The van der Waals surface area contributed by atoms with Crippen molar-refractivity contribution >= 4 is 40.3 Å². The molecule has 2 heterocycles. The fourth-order valence-corrected chi connectivity index (χ4v) is 3.30. The van der Waals surface area contributed by atoms with Crippen molar-refractivity contribution in [1.82, 2.24) is 9.88 Å². The van der Waals surface area contributed by atoms with E-state index in [0.717, 1.165) is 11.3 Å². The number of nitrogens with one attached hydrogen (secondary N) is 1. The van der Waals surface area contributed by atoms with Gasteiger partial charge in [-0.3, -0.25) is 5.32 Å². The molecule has 2 rings (SSSR count). The molecule has 1 fully saturated rings. The van der Waals surface area contributed by atoms with E-state index in [2.05, 4.69) is 15.5 Å². The van der Waals surface area contributed by atoms with E-state index in [9.17, 15) is 19.5 Å². The standard InChI is InChI=1S/C20H30N4O7S/c1-19(2,3)29-17(27)22-16-21-13(11-32-16)14(15(25)26)23-31-12-7-9-24(10-8-12)18(28)30-20(4,5)6/h11-12H,7-10H2,1-6H3,(H,25,26)(H,21,22,27). The lowest BCUT2D eigenvalue weighted by atomic mass is 10.1. The molecule has 0 aromatic carbocycles. The molecule has 2 N–H and O–H groups in total. The van der Waals surface area contributed by atoms with E-state index in [4.69, 9.17) is 14.3 Å². The zero-order valence-electron chi connectivity index (χ0n) is 19.1. The summed E-state index contributed by atoms with van der Waals surface area (Å²) in [6.07, 6.45) is -0.463. The number of oxime groups is 1. The van der Waals surface area contributed by atoms with Crippen LogP contribution in [-0.4, -0.2) is 69.3 Å². The first-order valence-electron chi connectivity index (χ1n) is 10.1. The number of ether oxygens (including phenoxy) is 2. The molecule has 12 heteroatoms. The maximum Gasteiger partial charge on any atom is 0.413 e. The van der Waals surface area contributed by atoms with Gasteiger partial charge in [0.1, 0.15) is 23.0 Å². The zero-order valence-corrected chi connectivity index (χ0v) is 19.9. The van der Waals surface area contributed by atoms with Crippen molar-refractivity contribution in [3.05, 3.63) is 11.1 Å². The number of carboxylic acid groups (broad SMARTS) is 1. The summed E-state index contributed by atoms with van der Waals surface area (Å²) in [7, 11) is 0. The third-order valence-electron chi connectivity index (χ3n) is 3.94. The smallest absolute Gasteiger partial charge is 0.413 e. The molecule has 32 heavy (non-hydrogen) atoms. The van der Waals surface area contributed by atoms with Crippen LogP contribution in [0.2, 0.25) is 0 Å². The summed E-state index contributed by atoms with van der Waals surface area (Å²) in [5.74, 6) is -1.31. The Morgan fingerprint density at radius 3 is 2.25 bits per heavy atom. The van der Waals surface area contributed by atoms with Crippen LogP contribution in [0.15, 0.2) is 10.5 Å². The number of hydrogen-bond acceptors (Lipinski definition) is 9. The number of thiazole rings is 1. The number of carbonyl (C=O) groups is 3. The van der Waals surface area contributed by atoms with Gasteiger partial charge in [0.05, 0.1) is 0 Å². The van der Waals surface area contributed by atoms with Gasteiger partial charge in [0, 0.05) is 31.3 Å². The minimum Gasteiger partial charge on any atom is -0.476 e. The van der Waals surface area contributed by atoms with Crippen molar-refractivity contribution in [2.75, 3.05) is 18.4 Å². The summed E-state index contributed by atoms with van der Waals surface area (Å²) >= 11 is 1.04. The minimum atomic E-state index is -1.31. The minimum absolute atomic E-state index is 0.0553. The highest BCUT2D eigenvalue weighted by atomic mass is 32.1. The number of likely N-dealkylation sites (tertiary alicyclic amines) is 1. The van der Waals surface area contributed by atoms with Crippen molar-refractivity contribution in [1.29, 1.82) is 0 Å². The topological polar surface area (TPSA) is 140 Å². The van der Waals surface area contributed by atoms with Crippen molar-refractivity contribution in [3.63, 3.8) is 0 Å². The Bertz CT molecular complexity index is 862. The Morgan fingerprint density at radius 1 is 1.12 bits per heavy atom. The molecule has 0 spiro atoms. The van der Waals surface area contributed by atoms with Gasteiger partial charge in [-0.05, 0) is 41.5 Å². The van der Waals surface area contributed by atoms with E-state index in [0.29, 0.717) is 25.9 Å². The Morgan fingerprint density at radius 2 is 1.72 bits per heavy atom. The second-order valence-electron chi connectivity index (χ2n) is 9.18. The van der Waals surface area contributed by atoms with Crippen LogP contribution in [0.25, 0.3) is 0 Å². The average Bonchev–Trinajstić information content (AvgIpc) is 3.07. The molecule has 0 atom stereocenters. The van der Waals surface area contributed by atoms with Gasteiger partial charge in [-0.2, -0.15) is 0 Å². The molecule has 11 nitrogen and oxygen atoms in total. The number of anilines is 1. The van der Waals surface area contributed by atoms with E-state index in [1.165, 1.54) is 5.38 Å². The van der Waals surface area contributed by atoms with E-state index in [-0.39, 0.29) is 22.6 Å². The normalized spacial score (nSPS) is 15.8. The van der Waals surface area contributed by atoms with Crippen molar-refractivity contribution < 1.29 is 33.8 Å². The molecule has 1 aliphatic heterocycles. The molecule has 2 amide bonds. The Labute approximate surface area is 190 Å². The van der Waals surface area contributed by atoms with Crippen LogP contribution in [0.3, 0.4) is 0 Å². The van der Waals surface area contributed by atoms with Gasteiger partial charge < -0.3 is 24.3 Å². The summed E-state index contributed by atoms with van der Waals surface area (Å²) in [6.45, 7) is 11.4. The van der Waals surface area contributed by atoms with Crippen molar-refractivity contribution in [2.45, 2.75) is 71.7 Å². The largest absolute Gasteiger partial charge is 0.476 e. The number of amides is 2. The number of piperidine rings is 1. The predicted octanol–water partition coefficient (Wildman–Crippen LogP) is 3.69. The number of aliphatic carboxylic acids is 1. The molecule has 0 radical (unpaired) electrons. The quantitative estimate of drug-likeness (QED) is 0.490. The lowest BCUT2D eigenvalue weighted by Gasteiger charge is -2.32. The van der Waals surface area contributed by atoms with Gasteiger partial charge in [-0.15, -0.1) is 11.3 Å². The highest BCUT2D eigenvalue weighted by Crippen LogP contribution is 2.20. The summed E-state index contributed by atoms with van der Waals surface area (Å²) in [5.41, 5.74) is -1.58. The first-order chi connectivity index (χ1) is 14.7. The highest BCUT2D eigenvalue weighted by molar-refractivity contribution is 7.14. The summed E-state index contributed by atoms with van der Waals surface area (Å²) in [4.78, 5) is 46.7. The lowest BCUT2D eigenvalue weighted by Crippen LogP contribution is -2.43. The van der Waals surface area contributed by atoms with Gasteiger partial charge in [-0.25, -0.2) is 19.4 Å². The van der Waals surface area contributed by atoms with Crippen LogP contribution >= 0.6 is 11.3 Å². The second-order valence-corrected chi connectivity index (χ2v) is 10.0. The van der Waals surface area contributed by atoms with Gasteiger partial charge in [-0.1, -0.05) is 5.16 Å². The monoisotopic (exact) mass is 470 g/mol. The first kappa shape index (κ1) is 25.4. The first-order valence-corrected chi connectivity index (χ1v) is 11.0. The molecular weight excluding hydrogens is 440 g/mol. The summed E-state index contributed by atoms with van der Waals surface area (Å²) in [5, 5.41) is 17.4. The Hall–Kier alpha value is -2.89. The lowest BCUT2D eigenvalue weighted by molar-refractivity contribution is -0.129. The zero-order chi connectivity index (χ0) is 24.1. The molecular formula is C20H30N4O7S. The molecule has 0 bridgehead atoms. The molecule has 1 saturated heterocycles. The van der Waals surface area contributed by atoms with E-state index < -0.39 is 29.4 Å². The maximum atomic E-state index is 12.1. The number of carboxylic acids is 1. The van der Waals surface area contributed by atoms with Crippen LogP contribution in [0.5, 0.6) is 0 Å². The fourth-order valence-electron chi connectivity index (χ4n) is 2.62. The van der Waals surface area contributed by atoms with Crippen LogP contribution < -0.4 is 5.32 Å². The number of nitrogens with zero attached hydrogens (tertiary/aromatic N) is 3. The second kappa shape index (κ2) is 10.2. The molecule has 0 unspecified atom stereocenters. The van der Waals surface area contributed by atoms with Gasteiger partial charge in [0.25, 0.3) is 0 Å². The predicted molar refractivity (Wildman–Crippen MR) is 118 cm³/mol. The van der Waals surface area contributed by atoms with Crippen molar-refractivity contribution in [3.8, 4) is 0 Å². The highest BCUT2D eigenvalue weighted by Gasteiger charge is 2.28. The van der Waals surface area contributed by atoms with E-state index in [1.807, 2.05) is 0 Å². The van der Waals surface area contributed by atoms with Crippen LogP contribution in [-0.2, 0) is 19.1 Å². The molecule has 178 valence electrons. The SMILES string of the molecule is CC(C)(C)OC(=O)Nc1nc(C(=NOC2CCN(C(=O)OC(C)(C)C)CC2)C(=O)O)cs1. The van der Waals surface area contributed by atoms with E-state index >= 15 is 0 Å². The molecule has 0 saturated carbocycles. The van der Waals surface area contributed by atoms with Gasteiger partial charge in [0.15, 0.2) is 5.13 Å². The number of aromatic nitrogens is 1. The number of rotatable bonds is 5. The Kier molecular flexibility index (Phi) is 8.05. The Balaban J connectivity index is 1.95. The molecule has 0 aliphatic carbocycles. The number of hydrogen-bond donors (Lipinski definition) is 2. The summed E-state index contributed by atoms with van der Waals surface area (Å²) < 4.78 is 10.5. The summed E-state index contributed by atoms with van der Waals surface area (Å²) in [6, 6.07) is 0. The van der Waals surface area contributed by atoms with Crippen LogP contribution in [0.4, 0.5) is 14.7 Å². The van der Waals surface area contributed by atoms with E-state index in [1.54, 1.807) is 46.4 Å². The van der Waals surface area contributed by atoms with Gasteiger partial charge in [0.2, 0.25) is 5.71 Å². The van der Waals surface area contributed by atoms with Crippen LogP contribution in [0, 0.1) is 0 Å². The maximum absolute atomic E-state index is 12.1. The molecule has 1 aliphatic rings. The number of carbonyl (C=O) groups excluding carboxylic acids is 2. The van der Waals surface area contributed by atoms with Gasteiger partial charge >= 0.3 is 18.2 Å². The molecule has 1 aromatic rings. The van der Waals surface area contributed by atoms with Crippen LogP contribution in [0.1, 0.15) is 60.1 Å². The fraction of sp³-hybridized carbons (Fsp3) is 0.650. The average molecular weight is 471 g/mol.